The summed E-state index contributed by atoms with van der Waals surface area (Å²) in [6, 6.07) is 8.15. The molecule has 0 aliphatic carbocycles. The number of aliphatic imine (C=N–C) groups is 1. The van der Waals surface area contributed by atoms with Crippen LogP contribution in [0.25, 0.3) is 0 Å². The molecule has 7 nitrogen and oxygen atoms in total. The van der Waals surface area contributed by atoms with E-state index in [1.165, 1.54) is 5.56 Å². The van der Waals surface area contributed by atoms with Gasteiger partial charge in [0.25, 0.3) is 0 Å². The molecule has 0 aliphatic heterocycles. The second-order valence-electron chi connectivity index (χ2n) is 5.76. The van der Waals surface area contributed by atoms with Gasteiger partial charge in [-0.1, -0.05) is 39.3 Å². The van der Waals surface area contributed by atoms with Crippen molar-refractivity contribution < 1.29 is 9.26 Å². The highest BCUT2D eigenvalue weighted by molar-refractivity contribution is 9.10. The zero-order valence-corrected chi connectivity index (χ0v) is 17.3. The highest BCUT2D eigenvalue weighted by atomic mass is 79.9. The molecule has 0 radical (unpaired) electrons. The minimum Gasteiger partial charge on any atom is -0.371 e. The van der Waals surface area contributed by atoms with Crippen LogP contribution in [0.3, 0.4) is 0 Å². The summed E-state index contributed by atoms with van der Waals surface area (Å²) in [5, 5.41) is 7.25. The summed E-state index contributed by atoms with van der Waals surface area (Å²) in [6.45, 7) is 8.29. The van der Waals surface area contributed by atoms with Gasteiger partial charge in [-0.15, -0.1) is 0 Å². The Morgan fingerprint density at radius 1 is 1.38 bits per heavy atom. The summed E-state index contributed by atoms with van der Waals surface area (Å²) >= 11 is 3.59. The summed E-state index contributed by atoms with van der Waals surface area (Å²) in [4.78, 5) is 11.0. The molecular weight excluding hydrogens is 398 g/mol. The summed E-state index contributed by atoms with van der Waals surface area (Å²) in [5.41, 5.74) is 1.19. The number of guanidine groups is 1. The lowest BCUT2D eigenvalue weighted by molar-refractivity contribution is 0.0683. The van der Waals surface area contributed by atoms with E-state index in [0.29, 0.717) is 24.9 Å². The predicted octanol–water partition coefficient (Wildman–Crippen LogP) is 3.53. The van der Waals surface area contributed by atoms with E-state index in [0.717, 1.165) is 23.5 Å². The van der Waals surface area contributed by atoms with Crippen molar-refractivity contribution >= 4 is 21.9 Å². The van der Waals surface area contributed by atoms with Gasteiger partial charge >= 0.3 is 0 Å². The fourth-order valence-corrected chi connectivity index (χ4v) is 2.80. The zero-order valence-electron chi connectivity index (χ0n) is 15.7. The molecule has 0 fully saturated rings. The van der Waals surface area contributed by atoms with Gasteiger partial charge in [0.1, 0.15) is 12.6 Å². The Bertz CT molecular complexity index is 719. The second kappa shape index (κ2) is 10.3. The minimum absolute atomic E-state index is 0.187. The van der Waals surface area contributed by atoms with E-state index in [2.05, 4.69) is 47.3 Å². The Morgan fingerprint density at radius 2 is 2.15 bits per heavy atom. The number of nitrogens with one attached hydrogen (secondary N) is 1. The SMILES string of the molecule is CCNC(=NCc1nc(C(C)OCC)no1)N(C)Cc1ccccc1Br. The van der Waals surface area contributed by atoms with Crippen LogP contribution in [0.4, 0.5) is 0 Å². The first-order valence-electron chi connectivity index (χ1n) is 8.72. The molecule has 0 amide bonds. The molecule has 1 atom stereocenters. The van der Waals surface area contributed by atoms with Crippen molar-refractivity contribution in [3.8, 4) is 0 Å². The van der Waals surface area contributed by atoms with Crippen LogP contribution >= 0.6 is 15.9 Å². The van der Waals surface area contributed by atoms with Gasteiger partial charge in [0, 0.05) is 31.2 Å². The molecule has 0 saturated heterocycles. The lowest BCUT2D eigenvalue weighted by atomic mass is 10.2. The van der Waals surface area contributed by atoms with Gasteiger partial charge in [0.05, 0.1) is 0 Å². The minimum atomic E-state index is -0.187. The van der Waals surface area contributed by atoms with E-state index in [-0.39, 0.29) is 6.10 Å². The Hall–Kier alpha value is -1.93. The van der Waals surface area contributed by atoms with E-state index in [1.54, 1.807) is 0 Å². The Morgan fingerprint density at radius 3 is 2.85 bits per heavy atom. The molecule has 1 N–H and O–H groups in total. The van der Waals surface area contributed by atoms with Crippen molar-refractivity contribution in [1.82, 2.24) is 20.4 Å². The summed E-state index contributed by atoms with van der Waals surface area (Å²) in [6.07, 6.45) is -0.187. The van der Waals surface area contributed by atoms with Gasteiger partial charge in [-0.2, -0.15) is 4.98 Å². The third kappa shape index (κ3) is 5.81. The van der Waals surface area contributed by atoms with Gasteiger partial charge in [0.2, 0.25) is 5.89 Å². The molecular formula is C18H26BrN5O2. The van der Waals surface area contributed by atoms with Crippen LogP contribution in [0.2, 0.25) is 0 Å². The fraction of sp³-hybridized carbons (Fsp3) is 0.500. The van der Waals surface area contributed by atoms with E-state index in [1.807, 2.05) is 46.0 Å². The van der Waals surface area contributed by atoms with Crippen LogP contribution in [0.1, 0.15) is 44.2 Å². The summed E-state index contributed by atoms with van der Waals surface area (Å²) in [5.74, 6) is 1.79. The Labute approximate surface area is 163 Å². The number of hydrogen-bond donors (Lipinski definition) is 1. The van der Waals surface area contributed by atoms with Gasteiger partial charge in [-0.3, -0.25) is 0 Å². The highest BCUT2D eigenvalue weighted by Crippen LogP contribution is 2.17. The number of ether oxygens (including phenoxy) is 1. The van der Waals surface area contributed by atoms with Crippen molar-refractivity contribution in [3.05, 3.63) is 46.0 Å². The number of benzene rings is 1. The topological polar surface area (TPSA) is 75.8 Å². The van der Waals surface area contributed by atoms with Crippen LogP contribution in [-0.4, -0.2) is 41.2 Å². The van der Waals surface area contributed by atoms with Gasteiger partial charge in [-0.25, -0.2) is 4.99 Å². The Balaban J connectivity index is 2.05. The van der Waals surface area contributed by atoms with Crippen molar-refractivity contribution in [2.75, 3.05) is 20.2 Å². The van der Waals surface area contributed by atoms with Crippen LogP contribution in [0.5, 0.6) is 0 Å². The molecule has 1 heterocycles. The first-order chi connectivity index (χ1) is 12.5. The van der Waals surface area contributed by atoms with Crippen molar-refractivity contribution in [3.63, 3.8) is 0 Å². The molecule has 0 aliphatic rings. The molecule has 1 unspecified atom stereocenters. The van der Waals surface area contributed by atoms with Gasteiger partial charge in [0.15, 0.2) is 11.8 Å². The van der Waals surface area contributed by atoms with Crippen molar-refractivity contribution in [1.29, 1.82) is 0 Å². The summed E-state index contributed by atoms with van der Waals surface area (Å²) in [7, 11) is 2.00. The molecule has 2 rings (SSSR count). The van der Waals surface area contributed by atoms with E-state index >= 15 is 0 Å². The monoisotopic (exact) mass is 423 g/mol. The molecule has 0 spiro atoms. The number of nitrogens with zero attached hydrogens (tertiary/aromatic N) is 4. The zero-order chi connectivity index (χ0) is 18.9. The van der Waals surface area contributed by atoms with Crippen LogP contribution in [0, 0.1) is 0 Å². The molecule has 0 bridgehead atoms. The maximum atomic E-state index is 5.48. The predicted molar refractivity (Wildman–Crippen MR) is 105 cm³/mol. The molecule has 0 saturated carbocycles. The van der Waals surface area contributed by atoms with Crippen LogP contribution in [0.15, 0.2) is 38.3 Å². The fourth-order valence-electron chi connectivity index (χ4n) is 2.39. The van der Waals surface area contributed by atoms with E-state index < -0.39 is 0 Å². The quantitative estimate of drug-likeness (QED) is 0.516. The first-order valence-corrected chi connectivity index (χ1v) is 9.51. The molecule has 8 heteroatoms. The van der Waals surface area contributed by atoms with Crippen LogP contribution < -0.4 is 5.32 Å². The third-order valence-corrected chi connectivity index (χ3v) is 4.46. The smallest absolute Gasteiger partial charge is 0.248 e. The van der Waals surface area contributed by atoms with Crippen molar-refractivity contribution in [2.24, 2.45) is 4.99 Å². The lowest BCUT2D eigenvalue weighted by Gasteiger charge is -2.22. The number of halogens is 1. The number of hydrogen-bond acceptors (Lipinski definition) is 5. The average Bonchev–Trinajstić information content (AvgIpc) is 3.10. The normalized spacial score (nSPS) is 12.9. The first kappa shape index (κ1) is 20.4. The third-order valence-electron chi connectivity index (χ3n) is 3.69. The van der Waals surface area contributed by atoms with Gasteiger partial charge < -0.3 is 19.5 Å². The highest BCUT2D eigenvalue weighted by Gasteiger charge is 2.14. The second-order valence-corrected chi connectivity index (χ2v) is 6.62. The lowest BCUT2D eigenvalue weighted by Crippen LogP contribution is -2.38. The average molecular weight is 424 g/mol. The Kier molecular flexibility index (Phi) is 8.06. The number of rotatable bonds is 8. The van der Waals surface area contributed by atoms with E-state index in [4.69, 9.17) is 9.26 Å². The standard InChI is InChI=1S/C18H26BrN5O2/c1-5-20-18(24(4)12-14-9-7-8-10-15(14)19)21-11-16-22-17(23-26-16)13(3)25-6-2/h7-10,13H,5-6,11-12H2,1-4H3,(H,20,21). The number of aromatic nitrogens is 2. The maximum Gasteiger partial charge on any atom is 0.248 e. The van der Waals surface area contributed by atoms with Gasteiger partial charge in [-0.05, 0) is 32.4 Å². The molecule has 26 heavy (non-hydrogen) atoms. The van der Waals surface area contributed by atoms with Crippen LogP contribution in [-0.2, 0) is 17.8 Å². The maximum absolute atomic E-state index is 5.48. The summed E-state index contributed by atoms with van der Waals surface area (Å²) < 4.78 is 11.8. The molecule has 1 aromatic carbocycles. The molecule has 142 valence electrons. The molecule has 2 aromatic rings. The molecule has 1 aromatic heterocycles. The largest absolute Gasteiger partial charge is 0.371 e. The van der Waals surface area contributed by atoms with Crippen molar-refractivity contribution in [2.45, 2.75) is 40.0 Å². The van der Waals surface area contributed by atoms with E-state index in [9.17, 15) is 0 Å².